The molecule has 0 bridgehead atoms. The largest absolute Gasteiger partial charge is 0.493 e. The van der Waals surface area contributed by atoms with Crippen LogP contribution in [0.1, 0.15) is 24.1 Å². The van der Waals surface area contributed by atoms with Crippen LogP contribution in [0, 0.1) is 11.3 Å². The van der Waals surface area contributed by atoms with Crippen LogP contribution in [0.25, 0.3) is 22.3 Å². The minimum absolute atomic E-state index is 0.301. The first-order valence-electron chi connectivity index (χ1n) is 10.8. The van der Waals surface area contributed by atoms with Crippen LogP contribution in [-0.4, -0.2) is 48.7 Å². The lowest BCUT2D eigenvalue weighted by Gasteiger charge is -2.20. The molecule has 35 heavy (non-hydrogen) atoms. The molecular weight excluding hydrogens is 468 g/mol. The number of aromatic nitrogens is 3. The van der Waals surface area contributed by atoms with Gasteiger partial charge in [0.25, 0.3) is 0 Å². The van der Waals surface area contributed by atoms with E-state index >= 15 is 0 Å². The van der Waals surface area contributed by atoms with Crippen LogP contribution >= 0.6 is 0 Å². The number of imidazole rings is 1. The fourth-order valence-corrected chi connectivity index (χ4v) is 4.97. The van der Waals surface area contributed by atoms with Crippen molar-refractivity contribution >= 4 is 21.0 Å². The number of nitrogens with one attached hydrogen (secondary N) is 1. The maximum absolute atomic E-state index is 13.1. The van der Waals surface area contributed by atoms with Crippen LogP contribution in [0.15, 0.2) is 59.5 Å². The van der Waals surface area contributed by atoms with Crippen molar-refractivity contribution < 1.29 is 17.9 Å². The predicted molar refractivity (Wildman–Crippen MR) is 133 cm³/mol. The molecule has 10 heteroatoms. The zero-order chi connectivity index (χ0) is 25.2. The molecule has 180 valence electrons. The molecule has 0 aliphatic carbocycles. The third-order valence-corrected chi connectivity index (χ3v) is 6.48. The average molecular weight is 493 g/mol. The molecule has 0 aliphatic heterocycles. The van der Waals surface area contributed by atoms with Crippen molar-refractivity contribution in [1.82, 2.24) is 14.5 Å². The third-order valence-electron chi connectivity index (χ3n) is 5.56. The van der Waals surface area contributed by atoms with Crippen molar-refractivity contribution in [2.45, 2.75) is 13.0 Å². The highest BCUT2D eigenvalue weighted by Gasteiger charge is 2.26. The number of nitriles is 1. The molecule has 0 unspecified atom stereocenters. The van der Waals surface area contributed by atoms with E-state index in [4.69, 9.17) is 9.47 Å². The second-order valence-corrected chi connectivity index (χ2v) is 10.2. The number of sulfone groups is 1. The first kappa shape index (κ1) is 24.0. The predicted octanol–water partition coefficient (Wildman–Crippen LogP) is 3.30. The van der Waals surface area contributed by atoms with Gasteiger partial charge in [-0.3, -0.25) is 4.57 Å². The van der Waals surface area contributed by atoms with Crippen LogP contribution < -0.4 is 15.2 Å². The molecule has 1 N–H and O–H groups in total. The number of fused-ring (bicyclic) bond motifs is 1. The Balaban J connectivity index is 1.89. The summed E-state index contributed by atoms with van der Waals surface area (Å²) in [6.07, 6.45) is 2.69. The third kappa shape index (κ3) is 4.90. The number of benzene rings is 2. The molecule has 0 amide bonds. The van der Waals surface area contributed by atoms with Crippen LogP contribution in [0.2, 0.25) is 0 Å². The van der Waals surface area contributed by atoms with E-state index in [1.807, 2.05) is 13.0 Å². The first-order valence-corrected chi connectivity index (χ1v) is 12.9. The number of hydrogen-bond donors (Lipinski definition) is 1. The highest BCUT2D eigenvalue weighted by atomic mass is 32.2. The van der Waals surface area contributed by atoms with Crippen molar-refractivity contribution in [3.8, 4) is 28.7 Å². The lowest BCUT2D eigenvalue weighted by molar-refractivity contribution is 0.310. The van der Waals surface area contributed by atoms with Crippen LogP contribution in [0.3, 0.4) is 0 Å². The number of hydrogen-bond acceptors (Lipinski definition) is 7. The van der Waals surface area contributed by atoms with E-state index in [0.29, 0.717) is 51.5 Å². The van der Waals surface area contributed by atoms with Gasteiger partial charge < -0.3 is 14.5 Å². The molecular formula is C25H24N4O5S. The van der Waals surface area contributed by atoms with Crippen molar-refractivity contribution in [1.29, 1.82) is 5.26 Å². The summed E-state index contributed by atoms with van der Waals surface area (Å²) in [5.41, 5.74) is 2.61. The van der Waals surface area contributed by atoms with Gasteiger partial charge in [-0.25, -0.2) is 18.2 Å². The van der Waals surface area contributed by atoms with Crippen molar-refractivity contribution in [3.63, 3.8) is 0 Å². The Kier molecular flexibility index (Phi) is 6.62. The number of pyridine rings is 1. The SMILES string of the molecule is CCOc1cc([C@H](CS(C)(=O)=O)n2c(=O)[nH]c3cc(-c4ccccc4C#N)cnc32)ccc1OC. The molecule has 2 aromatic heterocycles. The Morgan fingerprint density at radius 1 is 1.17 bits per heavy atom. The fraction of sp³-hybridized carbons (Fsp3) is 0.240. The normalized spacial score (nSPS) is 12.3. The second kappa shape index (κ2) is 9.64. The van der Waals surface area contributed by atoms with Gasteiger partial charge in [0.15, 0.2) is 17.1 Å². The van der Waals surface area contributed by atoms with E-state index in [9.17, 15) is 18.5 Å². The molecule has 0 saturated carbocycles. The standard InChI is InChI=1S/C25H24N4O5S/c1-4-34-23-12-16(9-10-22(23)33-2)21(15-35(3,31)32)29-24-20(28-25(29)30)11-18(14-27-24)19-8-6-5-7-17(19)13-26/h5-12,14,21H,4,15H2,1-3H3,(H,28,30)/t21-/m0/s1. The Labute approximate surface area is 202 Å². The number of aromatic amines is 1. The topological polar surface area (TPSA) is 127 Å². The van der Waals surface area contributed by atoms with Crippen molar-refractivity contribution in [2.75, 3.05) is 25.7 Å². The highest BCUT2D eigenvalue weighted by molar-refractivity contribution is 7.90. The molecule has 1 atom stereocenters. The molecule has 4 aromatic rings. The lowest BCUT2D eigenvalue weighted by atomic mass is 10.0. The van der Waals surface area contributed by atoms with E-state index in [0.717, 1.165) is 6.26 Å². The molecule has 4 rings (SSSR count). The summed E-state index contributed by atoms with van der Waals surface area (Å²) in [5.74, 6) is 0.625. The second-order valence-electron chi connectivity index (χ2n) is 8.00. The maximum atomic E-state index is 13.1. The van der Waals surface area contributed by atoms with Gasteiger partial charge in [-0.15, -0.1) is 0 Å². The average Bonchev–Trinajstić information content (AvgIpc) is 3.16. The summed E-state index contributed by atoms with van der Waals surface area (Å²) in [7, 11) is -1.98. The molecule has 0 fully saturated rings. The Morgan fingerprint density at radius 2 is 1.94 bits per heavy atom. The summed E-state index contributed by atoms with van der Waals surface area (Å²) in [6.45, 7) is 2.22. The Bertz CT molecular complexity index is 1600. The molecule has 9 nitrogen and oxygen atoms in total. The number of H-pyrrole nitrogens is 1. The highest BCUT2D eigenvalue weighted by Crippen LogP contribution is 2.33. The van der Waals surface area contributed by atoms with E-state index in [2.05, 4.69) is 16.0 Å². The zero-order valence-corrected chi connectivity index (χ0v) is 20.3. The zero-order valence-electron chi connectivity index (χ0n) is 19.5. The quantitative estimate of drug-likeness (QED) is 0.400. The fourth-order valence-electron chi connectivity index (χ4n) is 4.06. The number of methoxy groups -OCH3 is 1. The van der Waals surface area contributed by atoms with Gasteiger partial charge in [0, 0.05) is 23.6 Å². The van der Waals surface area contributed by atoms with Crippen LogP contribution in [0.4, 0.5) is 0 Å². The van der Waals surface area contributed by atoms with Gasteiger partial charge in [-0.2, -0.15) is 5.26 Å². The molecule has 0 saturated heterocycles. The minimum atomic E-state index is -3.49. The first-order chi connectivity index (χ1) is 16.8. The number of ether oxygens (including phenoxy) is 2. The van der Waals surface area contributed by atoms with Gasteiger partial charge in [-0.1, -0.05) is 24.3 Å². The monoisotopic (exact) mass is 492 g/mol. The van der Waals surface area contributed by atoms with E-state index < -0.39 is 21.6 Å². The summed E-state index contributed by atoms with van der Waals surface area (Å²) < 4.78 is 37.1. The van der Waals surface area contributed by atoms with E-state index in [-0.39, 0.29) is 5.75 Å². The van der Waals surface area contributed by atoms with E-state index in [1.165, 1.54) is 11.7 Å². The van der Waals surface area contributed by atoms with Gasteiger partial charge in [-0.05, 0) is 36.8 Å². The summed E-state index contributed by atoms with van der Waals surface area (Å²) in [4.78, 5) is 20.4. The lowest BCUT2D eigenvalue weighted by Crippen LogP contribution is -2.28. The Morgan fingerprint density at radius 3 is 2.63 bits per heavy atom. The number of rotatable bonds is 8. The van der Waals surface area contributed by atoms with Gasteiger partial charge >= 0.3 is 5.69 Å². The minimum Gasteiger partial charge on any atom is -0.493 e. The van der Waals surface area contributed by atoms with Gasteiger partial charge in [0.2, 0.25) is 0 Å². The molecule has 2 heterocycles. The summed E-state index contributed by atoms with van der Waals surface area (Å²) in [5, 5.41) is 9.44. The molecule has 2 aromatic carbocycles. The summed E-state index contributed by atoms with van der Waals surface area (Å²) in [6, 6.07) is 15.2. The van der Waals surface area contributed by atoms with E-state index in [1.54, 1.807) is 48.7 Å². The smallest absolute Gasteiger partial charge is 0.328 e. The summed E-state index contributed by atoms with van der Waals surface area (Å²) >= 11 is 0. The molecule has 0 spiro atoms. The van der Waals surface area contributed by atoms with Crippen LogP contribution in [0.5, 0.6) is 11.5 Å². The van der Waals surface area contributed by atoms with Crippen molar-refractivity contribution in [3.05, 3.63) is 76.3 Å². The van der Waals surface area contributed by atoms with Gasteiger partial charge in [0.05, 0.1) is 42.7 Å². The molecule has 0 radical (unpaired) electrons. The van der Waals surface area contributed by atoms with Gasteiger partial charge in [0.1, 0.15) is 9.84 Å². The molecule has 0 aliphatic rings. The van der Waals surface area contributed by atoms with Crippen LogP contribution in [-0.2, 0) is 9.84 Å². The maximum Gasteiger partial charge on any atom is 0.328 e. The Hall–Kier alpha value is -4.10. The van der Waals surface area contributed by atoms with Crippen molar-refractivity contribution in [2.24, 2.45) is 0 Å². The number of nitrogens with zero attached hydrogens (tertiary/aromatic N) is 3.